The van der Waals surface area contributed by atoms with E-state index >= 15 is 0 Å². The monoisotopic (exact) mass is 305 g/mol. The molecule has 1 N–H and O–H groups in total. The Morgan fingerprint density at radius 1 is 1.05 bits per heavy atom. The average Bonchev–Trinajstić information content (AvgIpc) is 2.49. The van der Waals surface area contributed by atoms with Crippen LogP contribution in [0, 0.1) is 5.82 Å². The Kier molecular flexibility index (Phi) is 5.63. The first kappa shape index (κ1) is 15.4. The number of anilines is 1. The Bertz CT molecular complexity index is 614. The summed E-state index contributed by atoms with van der Waals surface area (Å²) in [5.41, 5.74) is 1.53. The molecule has 0 fully saturated rings. The van der Waals surface area contributed by atoms with Crippen LogP contribution in [0.4, 0.5) is 10.1 Å². The molecule has 2 rings (SSSR count). The summed E-state index contributed by atoms with van der Waals surface area (Å²) in [5, 5.41) is 2.65. The number of rotatable bonds is 6. The van der Waals surface area contributed by atoms with Gasteiger partial charge in [-0.25, -0.2) is 4.39 Å². The number of benzene rings is 2. The molecule has 0 unspecified atom stereocenters. The number of nitrogens with one attached hydrogen (secondary N) is 1. The van der Waals surface area contributed by atoms with E-state index in [0.717, 1.165) is 5.56 Å². The van der Waals surface area contributed by atoms with Gasteiger partial charge in [-0.05, 0) is 29.8 Å². The zero-order valence-corrected chi connectivity index (χ0v) is 12.2. The molecular formula is C16H16FNO2S. The van der Waals surface area contributed by atoms with Crippen molar-refractivity contribution in [1.29, 1.82) is 0 Å². The number of halogens is 1. The maximum Gasteiger partial charge on any atom is 0.225 e. The van der Waals surface area contributed by atoms with E-state index in [0.29, 0.717) is 17.2 Å². The van der Waals surface area contributed by atoms with E-state index < -0.39 is 10.8 Å². The molecule has 110 valence electrons. The summed E-state index contributed by atoms with van der Waals surface area (Å²) in [7, 11) is -1.07. The van der Waals surface area contributed by atoms with Gasteiger partial charge in [0.1, 0.15) is 5.82 Å². The standard InChI is InChI=1S/C16H16FNO2S/c17-14-6-8-15(9-7-14)18-16(19)10-11-21(20)12-13-4-2-1-3-5-13/h1-9H,10-12H2,(H,18,19)/t21-/m1/s1. The summed E-state index contributed by atoms with van der Waals surface area (Å²) >= 11 is 0. The summed E-state index contributed by atoms with van der Waals surface area (Å²) in [6, 6.07) is 15.1. The molecule has 1 atom stereocenters. The van der Waals surface area contributed by atoms with Gasteiger partial charge >= 0.3 is 0 Å². The van der Waals surface area contributed by atoms with Crippen molar-refractivity contribution in [2.45, 2.75) is 12.2 Å². The van der Waals surface area contributed by atoms with Crippen molar-refractivity contribution < 1.29 is 13.4 Å². The maximum atomic E-state index is 12.7. The van der Waals surface area contributed by atoms with Crippen molar-refractivity contribution in [3.05, 3.63) is 66.0 Å². The van der Waals surface area contributed by atoms with Crippen LogP contribution < -0.4 is 5.32 Å². The van der Waals surface area contributed by atoms with Crippen LogP contribution in [0.1, 0.15) is 12.0 Å². The van der Waals surface area contributed by atoms with E-state index in [1.54, 1.807) is 0 Å². The van der Waals surface area contributed by atoms with Gasteiger partial charge < -0.3 is 5.32 Å². The molecule has 0 spiro atoms. The highest BCUT2D eigenvalue weighted by Crippen LogP contribution is 2.09. The van der Waals surface area contributed by atoms with E-state index in [2.05, 4.69) is 5.32 Å². The van der Waals surface area contributed by atoms with E-state index in [9.17, 15) is 13.4 Å². The van der Waals surface area contributed by atoms with Gasteiger partial charge in [0.05, 0.1) is 0 Å². The molecule has 5 heteroatoms. The van der Waals surface area contributed by atoms with Crippen LogP contribution in [0.3, 0.4) is 0 Å². The molecule has 0 aliphatic carbocycles. The van der Waals surface area contributed by atoms with Gasteiger partial charge in [0.15, 0.2) is 0 Å². The zero-order valence-electron chi connectivity index (χ0n) is 11.4. The van der Waals surface area contributed by atoms with Crippen LogP contribution in [-0.2, 0) is 21.3 Å². The van der Waals surface area contributed by atoms with Gasteiger partial charge in [0.2, 0.25) is 5.91 Å². The van der Waals surface area contributed by atoms with Crippen molar-refractivity contribution in [1.82, 2.24) is 0 Å². The lowest BCUT2D eigenvalue weighted by Gasteiger charge is -2.05. The predicted octanol–water partition coefficient (Wildman–Crippen LogP) is 3.10. The molecule has 0 heterocycles. The third-order valence-corrected chi connectivity index (χ3v) is 4.17. The van der Waals surface area contributed by atoms with Gasteiger partial charge in [-0.2, -0.15) is 0 Å². The van der Waals surface area contributed by atoms with Crippen LogP contribution in [0.5, 0.6) is 0 Å². The fourth-order valence-corrected chi connectivity index (χ4v) is 2.92. The highest BCUT2D eigenvalue weighted by atomic mass is 32.2. The van der Waals surface area contributed by atoms with E-state index in [1.807, 2.05) is 30.3 Å². The third-order valence-electron chi connectivity index (χ3n) is 2.86. The van der Waals surface area contributed by atoms with Gasteiger partial charge in [-0.1, -0.05) is 30.3 Å². The lowest BCUT2D eigenvalue weighted by atomic mass is 10.2. The lowest BCUT2D eigenvalue weighted by Crippen LogP contribution is -2.15. The van der Waals surface area contributed by atoms with E-state index in [1.165, 1.54) is 24.3 Å². The molecule has 1 amide bonds. The molecule has 0 saturated heterocycles. The number of carbonyl (C=O) groups excluding carboxylic acids is 1. The summed E-state index contributed by atoms with van der Waals surface area (Å²) in [4.78, 5) is 11.7. The summed E-state index contributed by atoms with van der Waals surface area (Å²) < 4.78 is 24.6. The maximum absolute atomic E-state index is 12.7. The minimum atomic E-state index is -1.07. The molecule has 0 bridgehead atoms. The highest BCUT2D eigenvalue weighted by molar-refractivity contribution is 7.84. The minimum Gasteiger partial charge on any atom is -0.326 e. The Balaban J connectivity index is 1.76. The second kappa shape index (κ2) is 7.69. The quantitative estimate of drug-likeness (QED) is 0.891. The van der Waals surface area contributed by atoms with Crippen LogP contribution in [-0.4, -0.2) is 15.9 Å². The molecule has 0 aliphatic heterocycles. The second-order valence-corrected chi connectivity index (χ2v) is 6.16. The molecule has 0 aliphatic rings. The number of hydrogen-bond donors (Lipinski definition) is 1. The van der Waals surface area contributed by atoms with Gasteiger partial charge in [-0.3, -0.25) is 9.00 Å². The normalized spacial score (nSPS) is 11.9. The van der Waals surface area contributed by atoms with Crippen molar-refractivity contribution in [3.63, 3.8) is 0 Å². The lowest BCUT2D eigenvalue weighted by molar-refractivity contribution is -0.115. The van der Waals surface area contributed by atoms with Crippen molar-refractivity contribution in [2.24, 2.45) is 0 Å². The second-order valence-electron chi connectivity index (χ2n) is 4.58. The Labute approximate surface area is 125 Å². The van der Waals surface area contributed by atoms with Gasteiger partial charge in [-0.15, -0.1) is 0 Å². The van der Waals surface area contributed by atoms with E-state index in [4.69, 9.17) is 0 Å². The summed E-state index contributed by atoms with van der Waals surface area (Å²) in [6.07, 6.45) is 0.177. The number of amides is 1. The third kappa shape index (κ3) is 5.47. The van der Waals surface area contributed by atoms with Crippen LogP contribution in [0.15, 0.2) is 54.6 Å². The van der Waals surface area contributed by atoms with Gasteiger partial charge in [0, 0.05) is 34.4 Å². The summed E-state index contributed by atoms with van der Waals surface area (Å²) in [6.45, 7) is 0. The van der Waals surface area contributed by atoms with Crippen LogP contribution >= 0.6 is 0 Å². The van der Waals surface area contributed by atoms with Crippen LogP contribution in [0.25, 0.3) is 0 Å². The summed E-state index contributed by atoms with van der Waals surface area (Å²) in [5.74, 6) is 0.187. The SMILES string of the molecule is O=C(CC[S@@](=O)Cc1ccccc1)Nc1ccc(F)cc1. The van der Waals surface area contributed by atoms with Gasteiger partial charge in [0.25, 0.3) is 0 Å². The van der Waals surface area contributed by atoms with E-state index in [-0.39, 0.29) is 18.1 Å². The number of hydrogen-bond acceptors (Lipinski definition) is 2. The minimum absolute atomic E-state index is 0.177. The fourth-order valence-electron chi connectivity index (χ4n) is 1.80. The average molecular weight is 305 g/mol. The van der Waals surface area contributed by atoms with Crippen molar-refractivity contribution in [2.75, 3.05) is 11.1 Å². The first-order valence-corrected chi connectivity index (χ1v) is 8.06. The van der Waals surface area contributed by atoms with Crippen LogP contribution in [0.2, 0.25) is 0 Å². The highest BCUT2D eigenvalue weighted by Gasteiger charge is 2.07. The first-order chi connectivity index (χ1) is 10.1. The Morgan fingerprint density at radius 2 is 1.71 bits per heavy atom. The molecule has 21 heavy (non-hydrogen) atoms. The first-order valence-electron chi connectivity index (χ1n) is 6.58. The molecule has 2 aromatic rings. The molecule has 3 nitrogen and oxygen atoms in total. The fraction of sp³-hybridized carbons (Fsp3) is 0.188. The zero-order chi connectivity index (χ0) is 15.1. The molecule has 0 radical (unpaired) electrons. The smallest absolute Gasteiger partial charge is 0.225 e. The molecule has 0 aromatic heterocycles. The Hall–Kier alpha value is -2.01. The van der Waals surface area contributed by atoms with Crippen molar-refractivity contribution >= 4 is 22.4 Å². The molecular weight excluding hydrogens is 289 g/mol. The molecule has 0 saturated carbocycles. The predicted molar refractivity (Wildman–Crippen MR) is 82.8 cm³/mol. The number of carbonyl (C=O) groups is 1. The largest absolute Gasteiger partial charge is 0.326 e. The topological polar surface area (TPSA) is 46.2 Å². The molecule has 2 aromatic carbocycles. The Morgan fingerprint density at radius 3 is 2.38 bits per heavy atom. The van der Waals surface area contributed by atoms with Crippen molar-refractivity contribution in [3.8, 4) is 0 Å².